The predicted molar refractivity (Wildman–Crippen MR) is 156 cm³/mol. The zero-order valence-corrected chi connectivity index (χ0v) is 23.8. The van der Waals surface area contributed by atoms with Crippen LogP contribution in [0.25, 0.3) is 16.7 Å². The van der Waals surface area contributed by atoms with E-state index in [0.717, 1.165) is 22.8 Å². The molecule has 0 aliphatic heterocycles. The lowest BCUT2D eigenvalue weighted by molar-refractivity contribution is 0.101. The van der Waals surface area contributed by atoms with Crippen molar-refractivity contribution in [1.82, 2.24) is 14.5 Å². The number of benzene rings is 2. The van der Waals surface area contributed by atoms with Gasteiger partial charge in [0.2, 0.25) is 0 Å². The van der Waals surface area contributed by atoms with E-state index in [2.05, 4.69) is 15.3 Å². The van der Waals surface area contributed by atoms with Gasteiger partial charge in [-0.1, -0.05) is 0 Å². The van der Waals surface area contributed by atoms with Crippen LogP contribution in [0.15, 0.2) is 71.8 Å². The number of hydrogen-bond acceptors (Lipinski definition) is 9. The largest absolute Gasteiger partial charge is 0.495 e. The first kappa shape index (κ1) is 29.6. The van der Waals surface area contributed by atoms with Crippen LogP contribution in [-0.4, -0.2) is 47.6 Å². The number of nitrogens with zero attached hydrogens (tertiary/aromatic N) is 3. The van der Waals surface area contributed by atoms with Crippen LogP contribution in [0.2, 0.25) is 0 Å². The molecule has 3 aromatic heterocycles. The average molecular weight is 603 g/mol. The quantitative estimate of drug-likeness (QED) is 0.222. The lowest BCUT2D eigenvalue weighted by Gasteiger charge is -2.16. The highest BCUT2D eigenvalue weighted by atomic mass is 19.1. The van der Waals surface area contributed by atoms with Gasteiger partial charge in [0.25, 0.3) is 17.3 Å². The summed E-state index contributed by atoms with van der Waals surface area (Å²) in [6.07, 6.45) is 2.67. The minimum atomic E-state index is -0.968. The highest BCUT2D eigenvalue weighted by Gasteiger charge is 2.26. The summed E-state index contributed by atoms with van der Waals surface area (Å²) >= 11 is 0. The summed E-state index contributed by atoms with van der Waals surface area (Å²) in [5.41, 5.74) is -0.535. The summed E-state index contributed by atoms with van der Waals surface area (Å²) in [6, 6.07) is 11.6. The van der Waals surface area contributed by atoms with Crippen LogP contribution in [0.4, 0.5) is 14.5 Å². The van der Waals surface area contributed by atoms with Crippen molar-refractivity contribution in [3.05, 3.63) is 100 Å². The van der Waals surface area contributed by atoms with Crippen molar-refractivity contribution < 1.29 is 37.3 Å². The number of Topliss-reactive ketones (excluding diaryl/α,β-unsaturated/α-hetero) is 1. The smallest absolute Gasteiger partial charge is 0.271 e. The molecule has 0 saturated carbocycles. The number of rotatable bonds is 9. The summed E-state index contributed by atoms with van der Waals surface area (Å²) < 4.78 is 51.3. The average Bonchev–Trinajstić information content (AvgIpc) is 3.01. The van der Waals surface area contributed by atoms with Crippen molar-refractivity contribution in [3.8, 4) is 34.6 Å². The van der Waals surface area contributed by atoms with Crippen molar-refractivity contribution in [3.63, 3.8) is 0 Å². The number of aromatic nitrogens is 3. The molecular weight excluding hydrogens is 578 g/mol. The van der Waals surface area contributed by atoms with Gasteiger partial charge in [-0.25, -0.2) is 13.8 Å². The molecule has 224 valence electrons. The summed E-state index contributed by atoms with van der Waals surface area (Å²) in [7, 11) is 4.08. The minimum Gasteiger partial charge on any atom is -0.495 e. The maximum atomic E-state index is 15.2. The molecule has 0 fully saturated rings. The first-order chi connectivity index (χ1) is 21.1. The van der Waals surface area contributed by atoms with Crippen molar-refractivity contribution in [1.29, 1.82) is 0 Å². The monoisotopic (exact) mass is 602 g/mol. The molecular formula is C31H24F2N4O7. The van der Waals surface area contributed by atoms with Gasteiger partial charge in [0.15, 0.2) is 28.8 Å². The van der Waals surface area contributed by atoms with E-state index >= 15 is 4.39 Å². The second-order valence-electron chi connectivity index (χ2n) is 9.24. The summed E-state index contributed by atoms with van der Waals surface area (Å²) in [5.74, 6) is -2.59. The number of fused-ring (bicyclic) bond motifs is 1. The third-order valence-electron chi connectivity index (χ3n) is 6.51. The van der Waals surface area contributed by atoms with Crippen molar-refractivity contribution in [2.24, 2.45) is 0 Å². The topological polar surface area (TPSA) is 131 Å². The Morgan fingerprint density at radius 2 is 1.64 bits per heavy atom. The van der Waals surface area contributed by atoms with Gasteiger partial charge < -0.3 is 24.3 Å². The van der Waals surface area contributed by atoms with E-state index in [0.29, 0.717) is 11.3 Å². The number of carbonyl (C=O) groups is 2. The second kappa shape index (κ2) is 12.2. The fourth-order valence-electron chi connectivity index (χ4n) is 4.42. The number of pyridine rings is 3. The molecule has 13 heteroatoms. The van der Waals surface area contributed by atoms with Gasteiger partial charge in [0, 0.05) is 42.0 Å². The first-order valence-corrected chi connectivity index (χ1v) is 12.9. The van der Waals surface area contributed by atoms with Crippen LogP contribution < -0.4 is 29.8 Å². The number of hydrogen-bond donors (Lipinski definition) is 1. The molecule has 0 saturated heterocycles. The van der Waals surface area contributed by atoms with Crippen LogP contribution in [0, 0.1) is 11.6 Å². The highest BCUT2D eigenvalue weighted by molar-refractivity contribution is 6.09. The van der Waals surface area contributed by atoms with E-state index in [9.17, 15) is 18.8 Å². The number of nitrogens with one attached hydrogen (secondary N) is 1. The minimum absolute atomic E-state index is 0.0213. The van der Waals surface area contributed by atoms with Crippen molar-refractivity contribution in [2.45, 2.75) is 6.92 Å². The molecule has 2 aromatic carbocycles. The number of methoxy groups -OCH3 is 3. The first-order valence-electron chi connectivity index (χ1n) is 12.9. The number of carbonyl (C=O) groups excluding carboxylic acids is 2. The molecule has 0 unspecified atom stereocenters. The SMILES string of the molecule is COc1cc2nccc(Oc3ccc(NC(=O)c4c(OC)c(C(C)=O)cn(-c5ccc(F)cc5)c4=O)cc3F)c2nc1OC. The molecule has 0 radical (unpaired) electrons. The molecule has 0 aliphatic carbocycles. The van der Waals surface area contributed by atoms with E-state index in [1.807, 2.05) is 0 Å². The molecule has 0 aliphatic rings. The molecule has 44 heavy (non-hydrogen) atoms. The predicted octanol–water partition coefficient (Wildman–Crippen LogP) is 5.33. The van der Waals surface area contributed by atoms with Crippen molar-refractivity contribution in [2.75, 3.05) is 26.6 Å². The van der Waals surface area contributed by atoms with Crippen LogP contribution in [0.5, 0.6) is 28.9 Å². The Morgan fingerprint density at radius 1 is 0.886 bits per heavy atom. The Morgan fingerprint density at radius 3 is 2.27 bits per heavy atom. The Bertz CT molecular complexity index is 1980. The third kappa shape index (κ3) is 5.62. The lowest BCUT2D eigenvalue weighted by Crippen LogP contribution is -2.30. The van der Waals surface area contributed by atoms with Gasteiger partial charge >= 0.3 is 0 Å². The fraction of sp³-hybridized carbons (Fsp3) is 0.129. The van der Waals surface area contributed by atoms with Crippen LogP contribution in [-0.2, 0) is 0 Å². The van der Waals surface area contributed by atoms with Gasteiger partial charge in [-0.2, -0.15) is 0 Å². The Balaban J connectivity index is 1.48. The number of amides is 1. The number of ketones is 1. The zero-order valence-electron chi connectivity index (χ0n) is 23.8. The maximum absolute atomic E-state index is 15.2. The summed E-state index contributed by atoms with van der Waals surface area (Å²) in [5, 5.41) is 2.47. The number of ether oxygens (including phenoxy) is 4. The summed E-state index contributed by atoms with van der Waals surface area (Å²) in [4.78, 5) is 47.9. The van der Waals surface area contributed by atoms with Gasteiger partial charge in [-0.05, 0) is 43.3 Å². The van der Waals surface area contributed by atoms with Gasteiger partial charge in [0.1, 0.15) is 22.6 Å². The van der Waals surface area contributed by atoms with E-state index in [1.165, 1.54) is 71.0 Å². The molecule has 0 atom stereocenters. The third-order valence-corrected chi connectivity index (χ3v) is 6.51. The van der Waals surface area contributed by atoms with E-state index in [1.54, 1.807) is 6.07 Å². The van der Waals surface area contributed by atoms with Gasteiger partial charge in [0.05, 0.1) is 32.4 Å². The molecule has 0 spiro atoms. The number of halogens is 2. The van der Waals surface area contributed by atoms with E-state index in [4.69, 9.17) is 18.9 Å². The lowest BCUT2D eigenvalue weighted by atomic mass is 10.1. The fourth-order valence-corrected chi connectivity index (χ4v) is 4.42. The molecule has 1 N–H and O–H groups in total. The molecule has 1 amide bonds. The zero-order chi connectivity index (χ0) is 31.5. The standard InChI is InChI=1S/C31H24F2N4O7/c1-16(38)20-15-37(19-8-5-17(32)6-9-19)31(40)26(28(20)42-3)29(39)35-18-7-10-23(21(33)13-18)44-24-11-12-34-22-14-25(41-2)30(43-4)36-27(22)24/h5-15H,1-4H3,(H,35,39). The van der Waals surface area contributed by atoms with E-state index < -0.39 is 34.4 Å². The van der Waals surface area contributed by atoms with Crippen molar-refractivity contribution >= 4 is 28.4 Å². The van der Waals surface area contributed by atoms with E-state index in [-0.39, 0.29) is 45.6 Å². The molecule has 5 rings (SSSR count). The van der Waals surface area contributed by atoms with Crippen LogP contribution in [0.1, 0.15) is 27.6 Å². The van der Waals surface area contributed by atoms with Crippen LogP contribution >= 0.6 is 0 Å². The molecule has 5 aromatic rings. The van der Waals surface area contributed by atoms with Gasteiger partial charge in [-0.3, -0.25) is 23.9 Å². The second-order valence-corrected chi connectivity index (χ2v) is 9.24. The molecule has 0 bridgehead atoms. The van der Waals surface area contributed by atoms with Crippen LogP contribution in [0.3, 0.4) is 0 Å². The Kier molecular flexibility index (Phi) is 8.20. The normalized spacial score (nSPS) is 10.8. The highest BCUT2D eigenvalue weighted by Crippen LogP contribution is 2.35. The van der Waals surface area contributed by atoms with Gasteiger partial charge in [-0.15, -0.1) is 0 Å². The summed E-state index contributed by atoms with van der Waals surface area (Å²) in [6.45, 7) is 1.24. The Hall–Kier alpha value is -5.85. The molecule has 3 heterocycles. The Labute approximate surface area is 248 Å². The molecule has 11 nitrogen and oxygen atoms in total. The maximum Gasteiger partial charge on any atom is 0.271 e. The number of anilines is 1.